The zero-order chi connectivity index (χ0) is 14.5. The summed E-state index contributed by atoms with van der Waals surface area (Å²) in [5.74, 6) is -0.408. The van der Waals surface area contributed by atoms with E-state index in [1.165, 1.54) is 7.05 Å². The molecule has 0 aliphatic carbocycles. The van der Waals surface area contributed by atoms with E-state index < -0.39 is 23.6 Å². The fourth-order valence-corrected chi connectivity index (χ4v) is 2.18. The highest BCUT2D eigenvalue weighted by atomic mass is 35.5. The summed E-state index contributed by atoms with van der Waals surface area (Å²) in [6.07, 6.45) is -1.63. The van der Waals surface area contributed by atoms with Gasteiger partial charge in [0.05, 0.1) is 0 Å². The van der Waals surface area contributed by atoms with Crippen molar-refractivity contribution in [2.75, 3.05) is 11.9 Å². The van der Waals surface area contributed by atoms with Gasteiger partial charge in [0.2, 0.25) is 12.0 Å². The summed E-state index contributed by atoms with van der Waals surface area (Å²) >= 11 is 6.12. The minimum Gasteiger partial charge on any atom is -0.365 e. The number of aromatic nitrogens is 1. The van der Waals surface area contributed by atoms with E-state index in [0.717, 1.165) is 9.80 Å². The Hall–Kier alpha value is -1.60. The molecular weight excluding hydrogens is 274 g/mol. The Kier molecular flexibility index (Phi) is 3.06. The van der Waals surface area contributed by atoms with Crippen LogP contribution in [0.25, 0.3) is 0 Å². The largest absolute Gasteiger partial charge is 0.365 e. The minimum atomic E-state index is -1.63. The van der Waals surface area contributed by atoms with Crippen LogP contribution in [0.5, 0.6) is 0 Å². The number of aliphatic hydroxyl groups excluding tert-OH is 1. The van der Waals surface area contributed by atoms with Crippen LogP contribution < -0.4 is 4.90 Å². The number of imide groups is 1. The average molecular weight is 288 g/mol. The summed E-state index contributed by atoms with van der Waals surface area (Å²) in [7, 11) is 1.27. The molecular formula is C11H14ClN3O4. The van der Waals surface area contributed by atoms with E-state index in [0.29, 0.717) is 5.76 Å². The van der Waals surface area contributed by atoms with Gasteiger partial charge in [0.1, 0.15) is 5.02 Å². The molecule has 1 atom stereocenters. The van der Waals surface area contributed by atoms with Crippen LogP contribution in [-0.4, -0.2) is 40.4 Å². The maximum Gasteiger partial charge on any atom is 0.334 e. The number of nitrogens with zero attached hydrogens (tertiary/aromatic N) is 3. The Morgan fingerprint density at radius 1 is 1.37 bits per heavy atom. The number of likely N-dealkylation sites (N-methyl/N-ethyl adjacent to an activating group) is 1. The summed E-state index contributed by atoms with van der Waals surface area (Å²) in [6.45, 7) is 5.59. The third-order valence-electron chi connectivity index (χ3n) is 2.82. The Morgan fingerprint density at radius 2 is 1.95 bits per heavy atom. The Labute approximate surface area is 114 Å². The number of carbonyl (C=O) groups excluding carboxylic acids is 2. The van der Waals surface area contributed by atoms with Crippen LogP contribution in [-0.2, 0) is 10.2 Å². The first-order valence-electron chi connectivity index (χ1n) is 5.60. The van der Waals surface area contributed by atoms with Gasteiger partial charge >= 0.3 is 6.03 Å². The lowest BCUT2D eigenvalue weighted by molar-refractivity contribution is -0.132. The molecule has 0 bridgehead atoms. The molecule has 1 fully saturated rings. The van der Waals surface area contributed by atoms with Gasteiger partial charge in [-0.05, 0) is 0 Å². The molecule has 1 unspecified atom stereocenters. The standard InChI is InChI=1S/C11H14ClN3O4/c1-11(2,3)6-5(12)7(13-19-6)15-9(17)8(16)14(4)10(15)18/h9,17H,1-4H3. The Bertz CT molecular complexity index is 549. The number of anilines is 1. The summed E-state index contributed by atoms with van der Waals surface area (Å²) in [4.78, 5) is 25.0. The van der Waals surface area contributed by atoms with Crippen LogP contribution in [0.3, 0.4) is 0 Å². The average Bonchev–Trinajstić information content (AvgIpc) is 2.76. The normalized spacial score (nSPS) is 20.6. The van der Waals surface area contributed by atoms with E-state index >= 15 is 0 Å². The molecule has 1 aliphatic heterocycles. The lowest BCUT2D eigenvalue weighted by Gasteiger charge is -2.16. The predicted octanol–water partition coefficient (Wildman–Crippen LogP) is 1.34. The third-order valence-corrected chi connectivity index (χ3v) is 3.16. The van der Waals surface area contributed by atoms with Gasteiger partial charge in [0, 0.05) is 12.5 Å². The van der Waals surface area contributed by atoms with E-state index in [4.69, 9.17) is 16.1 Å². The first kappa shape index (κ1) is 13.8. The first-order valence-corrected chi connectivity index (χ1v) is 5.98. The van der Waals surface area contributed by atoms with E-state index in [-0.39, 0.29) is 10.8 Å². The van der Waals surface area contributed by atoms with Gasteiger partial charge in [-0.3, -0.25) is 9.69 Å². The van der Waals surface area contributed by atoms with Gasteiger partial charge in [-0.15, -0.1) is 0 Å². The van der Waals surface area contributed by atoms with Crippen LogP contribution in [0.4, 0.5) is 10.6 Å². The van der Waals surface area contributed by atoms with Crippen molar-refractivity contribution in [2.24, 2.45) is 0 Å². The van der Waals surface area contributed by atoms with Gasteiger partial charge in [0.25, 0.3) is 5.91 Å². The van der Waals surface area contributed by atoms with Crippen LogP contribution in [0.1, 0.15) is 26.5 Å². The van der Waals surface area contributed by atoms with E-state index in [1.807, 2.05) is 20.8 Å². The fourth-order valence-electron chi connectivity index (χ4n) is 1.74. The molecule has 0 saturated carbocycles. The van der Waals surface area contributed by atoms with Gasteiger partial charge in [-0.25, -0.2) is 9.69 Å². The number of hydrogen-bond acceptors (Lipinski definition) is 5. The molecule has 1 aromatic heterocycles. The maximum absolute atomic E-state index is 11.9. The summed E-state index contributed by atoms with van der Waals surface area (Å²) in [5.41, 5.74) is -0.411. The zero-order valence-electron chi connectivity index (χ0n) is 11.0. The van der Waals surface area contributed by atoms with Crippen LogP contribution in [0, 0.1) is 0 Å². The predicted molar refractivity (Wildman–Crippen MR) is 66.9 cm³/mol. The van der Waals surface area contributed by atoms with E-state index in [9.17, 15) is 14.7 Å². The minimum absolute atomic E-state index is 0.0539. The van der Waals surface area contributed by atoms with Crippen molar-refractivity contribution < 1.29 is 19.2 Å². The smallest absolute Gasteiger partial charge is 0.334 e. The number of halogens is 1. The quantitative estimate of drug-likeness (QED) is 0.788. The van der Waals surface area contributed by atoms with Crippen molar-refractivity contribution in [1.29, 1.82) is 0 Å². The molecule has 104 valence electrons. The lowest BCUT2D eigenvalue weighted by Crippen LogP contribution is -2.35. The maximum atomic E-state index is 11.9. The zero-order valence-corrected chi connectivity index (χ0v) is 11.7. The molecule has 2 rings (SSSR count). The van der Waals surface area contributed by atoms with Gasteiger partial charge in [-0.1, -0.05) is 37.5 Å². The number of urea groups is 1. The third kappa shape index (κ3) is 1.98. The number of amides is 3. The molecule has 7 nitrogen and oxygen atoms in total. The molecule has 1 aliphatic rings. The highest BCUT2D eigenvalue weighted by Gasteiger charge is 2.46. The molecule has 0 aromatic carbocycles. The fraction of sp³-hybridized carbons (Fsp3) is 0.545. The molecule has 3 amide bonds. The second-order valence-corrected chi connectivity index (χ2v) is 5.70. The molecule has 2 heterocycles. The van der Waals surface area contributed by atoms with Crippen LogP contribution in [0.15, 0.2) is 4.52 Å². The van der Waals surface area contributed by atoms with Crippen molar-refractivity contribution in [2.45, 2.75) is 32.4 Å². The Morgan fingerprint density at radius 3 is 2.32 bits per heavy atom. The van der Waals surface area contributed by atoms with E-state index in [2.05, 4.69) is 5.16 Å². The van der Waals surface area contributed by atoms with Gasteiger partial charge in [-0.2, -0.15) is 0 Å². The van der Waals surface area contributed by atoms with E-state index in [1.54, 1.807) is 0 Å². The highest BCUT2D eigenvalue weighted by molar-refractivity contribution is 6.34. The highest BCUT2D eigenvalue weighted by Crippen LogP contribution is 2.38. The van der Waals surface area contributed by atoms with Crippen LogP contribution >= 0.6 is 11.6 Å². The second-order valence-electron chi connectivity index (χ2n) is 5.32. The monoisotopic (exact) mass is 287 g/mol. The molecule has 1 aromatic rings. The SMILES string of the molecule is CN1C(=O)C(O)N(c2noc(C(C)(C)C)c2Cl)C1=O. The van der Waals surface area contributed by atoms with Crippen molar-refractivity contribution in [3.05, 3.63) is 10.8 Å². The van der Waals surface area contributed by atoms with Crippen molar-refractivity contribution >= 4 is 29.4 Å². The molecule has 1 saturated heterocycles. The summed E-state index contributed by atoms with van der Waals surface area (Å²) < 4.78 is 5.12. The number of carbonyl (C=O) groups is 2. The summed E-state index contributed by atoms with van der Waals surface area (Å²) in [6, 6.07) is -0.701. The van der Waals surface area contributed by atoms with Crippen molar-refractivity contribution in [1.82, 2.24) is 10.1 Å². The van der Waals surface area contributed by atoms with Crippen molar-refractivity contribution in [3.8, 4) is 0 Å². The number of rotatable bonds is 1. The van der Waals surface area contributed by atoms with Gasteiger partial charge in [0.15, 0.2) is 5.76 Å². The molecule has 0 radical (unpaired) electrons. The first-order chi connectivity index (χ1) is 8.66. The Balaban J connectivity index is 2.47. The molecule has 0 spiro atoms. The summed E-state index contributed by atoms with van der Waals surface area (Å²) in [5, 5.41) is 13.6. The lowest BCUT2D eigenvalue weighted by atomic mass is 9.93. The molecule has 19 heavy (non-hydrogen) atoms. The number of aliphatic hydroxyl groups is 1. The number of hydrogen-bond donors (Lipinski definition) is 1. The topological polar surface area (TPSA) is 86.9 Å². The second kappa shape index (κ2) is 4.21. The van der Waals surface area contributed by atoms with Crippen molar-refractivity contribution in [3.63, 3.8) is 0 Å². The molecule has 8 heteroatoms. The van der Waals surface area contributed by atoms with Gasteiger partial charge < -0.3 is 9.63 Å². The van der Waals surface area contributed by atoms with Crippen LogP contribution in [0.2, 0.25) is 5.02 Å². The molecule has 1 N–H and O–H groups in total.